The molecule has 0 saturated carbocycles. The number of methoxy groups -OCH3 is 1. The van der Waals surface area contributed by atoms with E-state index in [1.54, 1.807) is 7.11 Å². The van der Waals surface area contributed by atoms with Crippen molar-refractivity contribution in [3.63, 3.8) is 0 Å². The highest BCUT2D eigenvalue weighted by Crippen LogP contribution is 2.31. The molecule has 2 aromatic carbocycles. The predicted molar refractivity (Wildman–Crippen MR) is 114 cm³/mol. The third-order valence-electron chi connectivity index (χ3n) is 5.22. The Hall–Kier alpha value is -2.37. The average molecular weight is 402 g/mol. The number of nitrogens with zero attached hydrogens (tertiary/aromatic N) is 1. The summed E-state index contributed by atoms with van der Waals surface area (Å²) < 4.78 is 11.4. The Labute approximate surface area is 173 Å². The van der Waals surface area contributed by atoms with Gasteiger partial charge in [-0.3, -0.25) is 0 Å². The van der Waals surface area contributed by atoms with Crippen molar-refractivity contribution in [1.82, 2.24) is 15.5 Å². The zero-order valence-electron chi connectivity index (χ0n) is 16.2. The second-order valence-electron chi connectivity index (χ2n) is 7.02. The first-order chi connectivity index (χ1) is 13.3. The molecule has 1 atom stereocenters. The number of halogens is 1. The van der Waals surface area contributed by atoms with E-state index in [9.17, 15) is 0 Å². The van der Waals surface area contributed by atoms with Crippen LogP contribution in [0.2, 0.25) is 0 Å². The summed E-state index contributed by atoms with van der Waals surface area (Å²) in [6.07, 6.45) is 4.12. The molecule has 0 aliphatic carbocycles. The second-order valence-corrected chi connectivity index (χ2v) is 7.02. The quantitative estimate of drug-likeness (QED) is 0.697. The van der Waals surface area contributed by atoms with E-state index in [-0.39, 0.29) is 12.4 Å². The summed E-state index contributed by atoms with van der Waals surface area (Å²) in [7, 11) is 1.70. The van der Waals surface area contributed by atoms with Crippen LogP contribution >= 0.6 is 12.4 Å². The van der Waals surface area contributed by atoms with E-state index in [0.717, 1.165) is 50.7 Å². The molecular formula is C22H28ClN3O2. The van der Waals surface area contributed by atoms with E-state index < -0.39 is 0 Å². The molecule has 2 N–H and O–H groups in total. The maximum atomic E-state index is 6.01. The zero-order valence-corrected chi connectivity index (χ0v) is 17.0. The van der Waals surface area contributed by atoms with E-state index in [0.29, 0.717) is 6.04 Å². The summed E-state index contributed by atoms with van der Waals surface area (Å²) in [5, 5.41) is 6.92. The number of hydrogen-bond donors (Lipinski definition) is 2. The minimum absolute atomic E-state index is 0. The molecule has 28 heavy (non-hydrogen) atoms. The average Bonchev–Trinajstić information content (AvgIpc) is 3.19. The van der Waals surface area contributed by atoms with Gasteiger partial charge in [-0.15, -0.1) is 12.4 Å². The molecule has 5 nitrogen and oxygen atoms in total. The van der Waals surface area contributed by atoms with Crippen molar-refractivity contribution >= 4 is 12.4 Å². The Balaban J connectivity index is 0.00000225. The highest BCUT2D eigenvalue weighted by molar-refractivity contribution is 5.85. The molecule has 4 rings (SSSR count). The van der Waals surface area contributed by atoms with Crippen molar-refractivity contribution in [2.24, 2.45) is 0 Å². The Morgan fingerprint density at radius 2 is 2.07 bits per heavy atom. The fraction of sp³-hybridized carbons (Fsp3) is 0.364. The molecule has 0 radical (unpaired) electrons. The van der Waals surface area contributed by atoms with Crippen LogP contribution in [-0.2, 0) is 13.0 Å². The summed E-state index contributed by atoms with van der Waals surface area (Å²) in [5.74, 6) is 1.87. The number of benzene rings is 2. The lowest BCUT2D eigenvalue weighted by molar-refractivity contribution is 0.151. The molecular weight excluding hydrogens is 374 g/mol. The number of rotatable bonds is 7. The number of fused-ring (bicyclic) bond motifs is 1. The van der Waals surface area contributed by atoms with Crippen LogP contribution in [0.5, 0.6) is 11.5 Å². The number of hydrogen-bond acceptors (Lipinski definition) is 5. The third kappa shape index (κ3) is 4.72. The Morgan fingerprint density at radius 3 is 2.89 bits per heavy atom. The lowest BCUT2D eigenvalue weighted by atomic mass is 10.0. The smallest absolute Gasteiger partial charge is 0.122 e. The van der Waals surface area contributed by atoms with Crippen LogP contribution in [0.3, 0.4) is 0 Å². The minimum atomic E-state index is 0. The first-order valence-corrected chi connectivity index (χ1v) is 9.57. The predicted octanol–water partition coefficient (Wildman–Crippen LogP) is 3.30. The van der Waals surface area contributed by atoms with Crippen molar-refractivity contribution in [2.75, 3.05) is 26.9 Å². The maximum Gasteiger partial charge on any atom is 0.122 e. The molecule has 2 aliphatic rings. The van der Waals surface area contributed by atoms with Gasteiger partial charge in [-0.25, -0.2) is 0 Å². The summed E-state index contributed by atoms with van der Waals surface area (Å²) in [6.45, 7) is 3.43. The van der Waals surface area contributed by atoms with E-state index in [4.69, 9.17) is 9.47 Å². The molecule has 0 fully saturated rings. The van der Waals surface area contributed by atoms with E-state index in [1.165, 1.54) is 16.8 Å². The van der Waals surface area contributed by atoms with Crippen LogP contribution in [-0.4, -0.2) is 37.9 Å². The van der Waals surface area contributed by atoms with Crippen molar-refractivity contribution in [3.05, 3.63) is 71.6 Å². The number of nitrogens with one attached hydrogen (secondary N) is 2. The molecule has 2 aromatic rings. The Bertz CT molecular complexity index is 798. The second kappa shape index (κ2) is 9.71. The van der Waals surface area contributed by atoms with E-state index in [2.05, 4.69) is 58.1 Å². The molecule has 0 saturated heterocycles. The van der Waals surface area contributed by atoms with Crippen LogP contribution in [0.25, 0.3) is 0 Å². The van der Waals surface area contributed by atoms with Gasteiger partial charge in [0.05, 0.1) is 19.8 Å². The highest BCUT2D eigenvalue weighted by Gasteiger charge is 2.28. The van der Waals surface area contributed by atoms with Crippen molar-refractivity contribution in [2.45, 2.75) is 25.4 Å². The summed E-state index contributed by atoms with van der Waals surface area (Å²) >= 11 is 0. The largest absolute Gasteiger partial charge is 0.497 e. The monoisotopic (exact) mass is 401 g/mol. The van der Waals surface area contributed by atoms with Gasteiger partial charge in [-0.05, 0) is 35.7 Å². The third-order valence-corrected chi connectivity index (χ3v) is 5.22. The van der Waals surface area contributed by atoms with Crippen LogP contribution < -0.4 is 20.1 Å². The Morgan fingerprint density at radius 1 is 1.21 bits per heavy atom. The number of ether oxygens (including phenoxy) is 2. The fourth-order valence-electron chi connectivity index (χ4n) is 3.75. The van der Waals surface area contributed by atoms with Gasteiger partial charge in [0.25, 0.3) is 0 Å². The molecule has 0 bridgehead atoms. The van der Waals surface area contributed by atoms with Gasteiger partial charge in [-0.2, -0.15) is 0 Å². The van der Waals surface area contributed by atoms with Gasteiger partial charge in [0.2, 0.25) is 0 Å². The van der Waals surface area contributed by atoms with Gasteiger partial charge in [0.1, 0.15) is 18.1 Å². The molecule has 0 spiro atoms. The van der Waals surface area contributed by atoms with Crippen molar-refractivity contribution in [3.8, 4) is 11.5 Å². The zero-order chi connectivity index (χ0) is 18.5. The topological polar surface area (TPSA) is 45.8 Å². The lowest BCUT2D eigenvalue weighted by Crippen LogP contribution is -2.43. The maximum absolute atomic E-state index is 6.01. The van der Waals surface area contributed by atoms with Crippen molar-refractivity contribution < 1.29 is 9.47 Å². The Kier molecular flexibility index (Phi) is 7.06. The molecule has 150 valence electrons. The molecule has 2 aliphatic heterocycles. The van der Waals surface area contributed by atoms with Gasteiger partial charge in [-0.1, -0.05) is 30.3 Å². The van der Waals surface area contributed by atoms with Gasteiger partial charge in [0, 0.05) is 31.4 Å². The standard InChI is InChI=1S/C22H27N3O2.ClH/c1-26-21-7-8-22-18(12-21)11-20(15-27-22)25-16-24-14-19(25)9-10-23-13-17-5-3-2-4-6-17;/h2-8,12,14,20,23-24H,9-11,13,15-16H2,1H3;1H/t20-;/m1./s1. The highest BCUT2D eigenvalue weighted by atomic mass is 35.5. The normalized spacial score (nSPS) is 17.7. The van der Waals surface area contributed by atoms with Gasteiger partial charge in [0.15, 0.2) is 0 Å². The SMILES string of the molecule is COc1ccc2c(c1)C[C@@H](N1CNC=C1CCNCc1ccccc1)CO2.Cl. The first-order valence-electron chi connectivity index (χ1n) is 9.57. The van der Waals surface area contributed by atoms with Crippen LogP contribution in [0.4, 0.5) is 0 Å². The van der Waals surface area contributed by atoms with E-state index >= 15 is 0 Å². The molecule has 0 amide bonds. The fourth-order valence-corrected chi connectivity index (χ4v) is 3.75. The van der Waals surface area contributed by atoms with Crippen LogP contribution in [0, 0.1) is 0 Å². The van der Waals surface area contributed by atoms with Crippen LogP contribution in [0.1, 0.15) is 17.5 Å². The van der Waals surface area contributed by atoms with Gasteiger partial charge >= 0.3 is 0 Å². The van der Waals surface area contributed by atoms with Gasteiger partial charge < -0.3 is 25.0 Å². The molecule has 0 unspecified atom stereocenters. The molecule has 2 heterocycles. The van der Waals surface area contributed by atoms with Crippen LogP contribution in [0.15, 0.2) is 60.4 Å². The summed E-state index contributed by atoms with van der Waals surface area (Å²) in [5.41, 5.74) is 3.88. The van der Waals surface area contributed by atoms with Crippen molar-refractivity contribution in [1.29, 1.82) is 0 Å². The summed E-state index contributed by atoms with van der Waals surface area (Å²) in [6, 6.07) is 16.9. The lowest BCUT2D eigenvalue weighted by Gasteiger charge is -2.35. The molecule has 6 heteroatoms. The first kappa shape index (κ1) is 20.4. The van der Waals surface area contributed by atoms with E-state index in [1.807, 2.05) is 12.1 Å². The minimum Gasteiger partial charge on any atom is -0.497 e. The summed E-state index contributed by atoms with van der Waals surface area (Å²) in [4.78, 5) is 2.44. The molecule has 0 aromatic heterocycles.